The highest BCUT2D eigenvalue weighted by Gasteiger charge is 2.22. The van der Waals surface area contributed by atoms with Crippen molar-refractivity contribution in [1.29, 1.82) is 0 Å². The molecule has 3 rings (SSSR count). The summed E-state index contributed by atoms with van der Waals surface area (Å²) < 4.78 is 26.7. The van der Waals surface area contributed by atoms with Crippen LogP contribution in [0.1, 0.15) is 32.4 Å². The van der Waals surface area contributed by atoms with E-state index in [0.717, 1.165) is 11.3 Å². The van der Waals surface area contributed by atoms with Crippen molar-refractivity contribution in [1.82, 2.24) is 9.29 Å². The van der Waals surface area contributed by atoms with E-state index < -0.39 is 14.9 Å². The number of benzene rings is 2. The van der Waals surface area contributed by atoms with Gasteiger partial charge < -0.3 is 5.32 Å². The first-order valence-corrected chi connectivity index (χ1v) is 11.1. The van der Waals surface area contributed by atoms with Gasteiger partial charge >= 0.3 is 0 Å². The first kappa shape index (κ1) is 21.7. The molecule has 1 aromatic heterocycles. The van der Waals surface area contributed by atoms with E-state index >= 15 is 0 Å². The average Bonchev–Trinajstić information content (AvgIpc) is 2.74. The fourth-order valence-corrected chi connectivity index (χ4v) is 4.88. The summed E-state index contributed by atoms with van der Waals surface area (Å²) >= 11 is 0. The van der Waals surface area contributed by atoms with Crippen LogP contribution in [0.2, 0.25) is 0 Å². The second-order valence-electron chi connectivity index (χ2n) is 6.84. The largest absolute Gasteiger partial charge is 0.378 e. The Kier molecular flexibility index (Phi) is 6.33. The Hall–Kier alpha value is -3.04. The number of nitro groups is 1. The van der Waals surface area contributed by atoms with E-state index in [1.807, 2.05) is 20.8 Å². The van der Waals surface area contributed by atoms with Gasteiger partial charge in [0.25, 0.3) is 5.69 Å². The van der Waals surface area contributed by atoms with E-state index in [2.05, 4.69) is 10.3 Å². The molecule has 0 spiro atoms. The molecule has 0 fully saturated rings. The Morgan fingerprint density at radius 3 is 2.33 bits per heavy atom. The molecule has 0 aliphatic rings. The number of non-ortho nitro benzene ring substituents is 1. The van der Waals surface area contributed by atoms with Crippen molar-refractivity contribution in [2.45, 2.75) is 31.7 Å². The molecule has 2 aromatic carbocycles. The minimum atomic E-state index is -3.50. The lowest BCUT2D eigenvalue weighted by atomic mass is 10.1. The molecule has 0 amide bonds. The molecule has 0 bridgehead atoms. The van der Waals surface area contributed by atoms with Crippen molar-refractivity contribution >= 4 is 32.2 Å². The number of aromatic nitrogens is 1. The summed E-state index contributed by atoms with van der Waals surface area (Å²) in [4.78, 5) is 15.1. The highest BCUT2D eigenvalue weighted by molar-refractivity contribution is 7.89. The lowest BCUT2D eigenvalue weighted by Crippen LogP contribution is -2.30. The number of hydrogen-bond acceptors (Lipinski definition) is 6. The lowest BCUT2D eigenvalue weighted by Gasteiger charge is -2.20. The average molecular weight is 429 g/mol. The summed E-state index contributed by atoms with van der Waals surface area (Å²) in [6.45, 7) is 6.40. The molecule has 1 atom stereocenters. The quantitative estimate of drug-likeness (QED) is 0.422. The fraction of sp³-hybridized carbons (Fsp3) is 0.286. The molecule has 0 radical (unpaired) electrons. The van der Waals surface area contributed by atoms with Gasteiger partial charge in [0.15, 0.2) is 0 Å². The Labute approximate surface area is 175 Å². The van der Waals surface area contributed by atoms with E-state index in [-0.39, 0.29) is 16.6 Å². The molecule has 3 aromatic rings. The number of sulfonamides is 1. The summed E-state index contributed by atoms with van der Waals surface area (Å²) in [5.74, 6) is 0. The summed E-state index contributed by atoms with van der Waals surface area (Å²) in [7, 11) is -3.50. The van der Waals surface area contributed by atoms with Gasteiger partial charge in [0.05, 0.1) is 15.2 Å². The minimum absolute atomic E-state index is 0.00210. The predicted octanol–water partition coefficient (Wildman–Crippen LogP) is 4.35. The lowest BCUT2D eigenvalue weighted by molar-refractivity contribution is -0.383. The smallest absolute Gasteiger partial charge is 0.278 e. The van der Waals surface area contributed by atoms with Gasteiger partial charge in [0, 0.05) is 48.7 Å². The maximum atomic E-state index is 12.6. The number of rotatable bonds is 8. The number of nitro benzene ring substituents is 1. The molecular weight excluding hydrogens is 404 g/mol. The second-order valence-corrected chi connectivity index (χ2v) is 8.77. The van der Waals surface area contributed by atoms with Crippen molar-refractivity contribution < 1.29 is 13.3 Å². The zero-order valence-electron chi connectivity index (χ0n) is 17.1. The number of anilines is 1. The summed E-state index contributed by atoms with van der Waals surface area (Å²) in [6, 6.07) is 11.5. The molecule has 0 saturated heterocycles. The van der Waals surface area contributed by atoms with E-state index in [0.29, 0.717) is 23.9 Å². The van der Waals surface area contributed by atoms with Crippen LogP contribution in [-0.2, 0) is 10.0 Å². The normalized spacial score (nSPS) is 12.8. The van der Waals surface area contributed by atoms with Crippen molar-refractivity contribution in [3.05, 3.63) is 70.5 Å². The van der Waals surface area contributed by atoms with Crippen LogP contribution < -0.4 is 5.32 Å². The van der Waals surface area contributed by atoms with Crippen LogP contribution in [0.3, 0.4) is 0 Å². The molecular formula is C21H24N4O4S. The number of nitrogens with one attached hydrogen (secondary N) is 1. The standard InChI is InChI=1S/C21H24N4O4S/c1-4-24(5-2)30(28,29)17-8-6-16(7-9-17)15(3)23-20-10-11-21(25(26)27)19-14-22-13-12-18(19)20/h6-15,23H,4-5H2,1-3H3. The molecule has 1 heterocycles. The van der Waals surface area contributed by atoms with Gasteiger partial charge in [-0.05, 0) is 36.8 Å². The zero-order chi connectivity index (χ0) is 21.9. The van der Waals surface area contributed by atoms with Gasteiger partial charge in [0.2, 0.25) is 10.0 Å². The van der Waals surface area contributed by atoms with Gasteiger partial charge in [-0.25, -0.2) is 8.42 Å². The maximum Gasteiger partial charge on any atom is 0.278 e. The van der Waals surface area contributed by atoms with E-state index in [1.165, 1.54) is 16.6 Å². The summed E-state index contributed by atoms with van der Waals surface area (Å²) in [5, 5.41) is 15.8. The third-order valence-corrected chi connectivity index (χ3v) is 7.15. The SMILES string of the molecule is CCN(CC)S(=O)(=O)c1ccc(C(C)Nc2ccc([N+](=O)[O-])c3cnccc23)cc1. The van der Waals surface area contributed by atoms with Crippen LogP contribution in [-0.4, -0.2) is 35.7 Å². The van der Waals surface area contributed by atoms with Crippen LogP contribution in [0.5, 0.6) is 0 Å². The van der Waals surface area contributed by atoms with Gasteiger partial charge in [-0.2, -0.15) is 4.31 Å². The molecule has 8 nitrogen and oxygen atoms in total. The summed E-state index contributed by atoms with van der Waals surface area (Å²) in [5.41, 5.74) is 1.64. The van der Waals surface area contributed by atoms with E-state index in [4.69, 9.17) is 0 Å². The molecule has 0 aliphatic carbocycles. The predicted molar refractivity (Wildman–Crippen MR) is 117 cm³/mol. The van der Waals surface area contributed by atoms with Crippen molar-refractivity contribution in [3.63, 3.8) is 0 Å². The van der Waals surface area contributed by atoms with Crippen LogP contribution in [0, 0.1) is 10.1 Å². The van der Waals surface area contributed by atoms with E-state index in [1.54, 1.807) is 42.6 Å². The van der Waals surface area contributed by atoms with Crippen molar-refractivity contribution in [2.75, 3.05) is 18.4 Å². The third-order valence-electron chi connectivity index (χ3n) is 5.09. The first-order chi connectivity index (χ1) is 14.3. The molecule has 1 N–H and O–H groups in total. The van der Waals surface area contributed by atoms with Gasteiger partial charge in [-0.15, -0.1) is 0 Å². The van der Waals surface area contributed by atoms with Gasteiger partial charge in [-0.3, -0.25) is 15.1 Å². The molecule has 9 heteroatoms. The van der Waals surface area contributed by atoms with Crippen molar-refractivity contribution in [3.8, 4) is 0 Å². The Bertz CT molecular complexity index is 1160. The van der Waals surface area contributed by atoms with Crippen LogP contribution in [0.15, 0.2) is 59.8 Å². The molecule has 0 saturated carbocycles. The van der Waals surface area contributed by atoms with Gasteiger partial charge in [0.1, 0.15) is 0 Å². The van der Waals surface area contributed by atoms with E-state index in [9.17, 15) is 18.5 Å². The second kappa shape index (κ2) is 8.76. The topological polar surface area (TPSA) is 105 Å². The Morgan fingerprint density at radius 2 is 1.73 bits per heavy atom. The Balaban J connectivity index is 1.88. The molecule has 0 aliphatic heterocycles. The number of fused-ring (bicyclic) bond motifs is 1. The monoisotopic (exact) mass is 428 g/mol. The third kappa shape index (κ3) is 4.12. The van der Waals surface area contributed by atoms with Gasteiger partial charge in [-0.1, -0.05) is 26.0 Å². The summed E-state index contributed by atoms with van der Waals surface area (Å²) in [6.07, 6.45) is 3.07. The maximum absolute atomic E-state index is 12.6. The number of pyridine rings is 1. The van der Waals surface area contributed by atoms with Crippen LogP contribution in [0.25, 0.3) is 10.8 Å². The molecule has 30 heavy (non-hydrogen) atoms. The van der Waals surface area contributed by atoms with Crippen LogP contribution >= 0.6 is 0 Å². The minimum Gasteiger partial charge on any atom is -0.378 e. The fourth-order valence-electron chi connectivity index (χ4n) is 3.42. The highest BCUT2D eigenvalue weighted by Crippen LogP contribution is 2.32. The Morgan fingerprint density at radius 1 is 1.07 bits per heavy atom. The van der Waals surface area contributed by atoms with Crippen LogP contribution in [0.4, 0.5) is 11.4 Å². The molecule has 158 valence electrons. The number of nitrogens with zero attached hydrogens (tertiary/aromatic N) is 3. The highest BCUT2D eigenvalue weighted by atomic mass is 32.2. The van der Waals surface area contributed by atoms with Crippen molar-refractivity contribution in [2.24, 2.45) is 0 Å². The first-order valence-electron chi connectivity index (χ1n) is 9.67. The zero-order valence-corrected chi connectivity index (χ0v) is 17.9. The number of hydrogen-bond donors (Lipinski definition) is 1. The molecule has 1 unspecified atom stereocenters.